The first-order valence-electron chi connectivity index (χ1n) is 6.87. The van der Waals surface area contributed by atoms with Crippen molar-refractivity contribution in [1.82, 2.24) is 5.32 Å². The fraction of sp³-hybridized carbons (Fsp3) is 1.00. The van der Waals surface area contributed by atoms with Gasteiger partial charge in [-0.1, -0.05) is 20.8 Å². The van der Waals surface area contributed by atoms with Gasteiger partial charge in [-0.3, -0.25) is 0 Å². The molecule has 18 heavy (non-hydrogen) atoms. The number of hydrogen-bond acceptors (Lipinski definition) is 3. The first kappa shape index (κ1) is 17.9. The van der Waals surface area contributed by atoms with Crippen molar-refractivity contribution in [3.05, 3.63) is 0 Å². The summed E-state index contributed by atoms with van der Waals surface area (Å²) in [5, 5.41) is 3.38. The molecule has 0 aliphatic heterocycles. The van der Waals surface area contributed by atoms with Crippen LogP contribution in [0.5, 0.6) is 0 Å². The fourth-order valence-electron chi connectivity index (χ4n) is 2.07. The zero-order chi connectivity index (χ0) is 14.6. The molecule has 0 fully saturated rings. The molecular weight excluding hydrogens is 246 g/mol. The number of nitrogens with one attached hydrogen (secondary N) is 1. The first-order chi connectivity index (χ1) is 7.91. The summed E-state index contributed by atoms with van der Waals surface area (Å²) >= 11 is 0. The van der Waals surface area contributed by atoms with Crippen LogP contribution in [0.25, 0.3) is 0 Å². The summed E-state index contributed by atoms with van der Waals surface area (Å²) in [5.74, 6) is 0.280. The Bertz CT molecular complexity index is 339. The van der Waals surface area contributed by atoms with Crippen LogP contribution in [-0.2, 0) is 9.84 Å². The maximum absolute atomic E-state index is 12.1. The van der Waals surface area contributed by atoms with Gasteiger partial charge < -0.3 is 5.32 Å². The highest BCUT2D eigenvalue weighted by Gasteiger charge is 2.31. The normalized spacial score (nSPS) is 15.7. The lowest BCUT2D eigenvalue weighted by Crippen LogP contribution is -2.35. The SMILES string of the molecule is CCNC(C)CC(C)(C)CCS(=O)(=O)C(C)(C)C. The molecule has 4 heteroatoms. The lowest BCUT2D eigenvalue weighted by Gasteiger charge is -2.30. The van der Waals surface area contributed by atoms with Gasteiger partial charge in [0.25, 0.3) is 0 Å². The third kappa shape index (κ3) is 6.19. The van der Waals surface area contributed by atoms with E-state index in [9.17, 15) is 8.42 Å². The molecule has 0 spiro atoms. The summed E-state index contributed by atoms with van der Waals surface area (Å²) in [6.07, 6.45) is 1.73. The molecule has 0 saturated carbocycles. The molecule has 0 radical (unpaired) electrons. The molecule has 0 rings (SSSR count). The van der Waals surface area contributed by atoms with E-state index in [2.05, 4.69) is 33.0 Å². The molecule has 0 aromatic carbocycles. The molecule has 0 aromatic rings. The van der Waals surface area contributed by atoms with Gasteiger partial charge in [-0.05, 0) is 52.5 Å². The number of rotatable bonds is 7. The third-order valence-corrected chi connectivity index (χ3v) is 6.00. The molecule has 0 aromatic heterocycles. The predicted molar refractivity (Wildman–Crippen MR) is 79.7 cm³/mol. The first-order valence-corrected chi connectivity index (χ1v) is 8.52. The molecule has 3 nitrogen and oxygen atoms in total. The lowest BCUT2D eigenvalue weighted by atomic mass is 9.83. The van der Waals surface area contributed by atoms with E-state index in [-0.39, 0.29) is 11.2 Å². The molecule has 0 saturated heterocycles. The summed E-state index contributed by atoms with van der Waals surface area (Å²) in [6, 6.07) is 0.433. The molecule has 0 aliphatic carbocycles. The zero-order valence-corrected chi connectivity index (χ0v) is 13.9. The van der Waals surface area contributed by atoms with Crippen molar-refractivity contribution in [3.8, 4) is 0 Å². The van der Waals surface area contributed by atoms with E-state index in [0.29, 0.717) is 6.04 Å². The number of sulfone groups is 1. The smallest absolute Gasteiger partial charge is 0.155 e. The van der Waals surface area contributed by atoms with Crippen LogP contribution in [0.2, 0.25) is 0 Å². The van der Waals surface area contributed by atoms with Crippen molar-refractivity contribution in [3.63, 3.8) is 0 Å². The average molecular weight is 277 g/mol. The van der Waals surface area contributed by atoms with E-state index >= 15 is 0 Å². The van der Waals surface area contributed by atoms with Gasteiger partial charge in [0.2, 0.25) is 0 Å². The Labute approximate surface area is 114 Å². The van der Waals surface area contributed by atoms with E-state index < -0.39 is 14.6 Å². The van der Waals surface area contributed by atoms with E-state index in [4.69, 9.17) is 0 Å². The van der Waals surface area contributed by atoms with Crippen LogP contribution in [0.15, 0.2) is 0 Å². The zero-order valence-electron chi connectivity index (χ0n) is 13.1. The summed E-state index contributed by atoms with van der Waals surface area (Å²) < 4.78 is 23.5. The second-order valence-electron chi connectivity index (χ2n) is 7.01. The number of hydrogen-bond donors (Lipinski definition) is 1. The second-order valence-corrected chi connectivity index (χ2v) is 9.87. The van der Waals surface area contributed by atoms with Crippen LogP contribution in [0.3, 0.4) is 0 Å². The van der Waals surface area contributed by atoms with Gasteiger partial charge in [0.05, 0.1) is 10.5 Å². The summed E-state index contributed by atoms with van der Waals surface area (Å²) in [7, 11) is -3.00. The maximum Gasteiger partial charge on any atom is 0.155 e. The molecule has 1 atom stereocenters. The van der Waals surface area contributed by atoms with Crippen LogP contribution >= 0.6 is 0 Å². The molecular formula is C14H31NO2S. The standard InChI is InChI=1S/C14H31NO2S/c1-8-15-12(2)11-14(6,7)9-10-18(16,17)13(3,4)5/h12,15H,8-11H2,1-7H3. The van der Waals surface area contributed by atoms with Gasteiger partial charge in [-0.25, -0.2) is 8.42 Å². The van der Waals surface area contributed by atoms with Crippen LogP contribution < -0.4 is 5.32 Å². The quantitative estimate of drug-likeness (QED) is 0.778. The van der Waals surface area contributed by atoms with E-state index in [0.717, 1.165) is 19.4 Å². The molecule has 110 valence electrons. The Morgan fingerprint density at radius 2 is 1.61 bits per heavy atom. The van der Waals surface area contributed by atoms with Gasteiger partial charge in [0, 0.05) is 6.04 Å². The monoisotopic (exact) mass is 277 g/mol. The summed E-state index contributed by atoms with van der Waals surface area (Å²) in [6.45, 7) is 14.8. The molecule has 0 amide bonds. The largest absolute Gasteiger partial charge is 0.315 e. The van der Waals surface area contributed by atoms with Crippen molar-refractivity contribution in [2.75, 3.05) is 12.3 Å². The Kier molecular flexibility index (Phi) is 6.34. The van der Waals surface area contributed by atoms with E-state index in [1.54, 1.807) is 20.8 Å². The Morgan fingerprint density at radius 1 is 1.11 bits per heavy atom. The second kappa shape index (κ2) is 6.38. The molecule has 0 aliphatic rings. The van der Waals surface area contributed by atoms with Crippen LogP contribution in [-0.4, -0.2) is 31.5 Å². The maximum atomic E-state index is 12.1. The van der Waals surface area contributed by atoms with E-state index in [1.165, 1.54) is 0 Å². The van der Waals surface area contributed by atoms with Crippen molar-refractivity contribution in [1.29, 1.82) is 0 Å². The van der Waals surface area contributed by atoms with E-state index in [1.807, 2.05) is 0 Å². The molecule has 1 N–H and O–H groups in total. The highest BCUT2D eigenvalue weighted by atomic mass is 32.2. The topological polar surface area (TPSA) is 46.2 Å². The minimum Gasteiger partial charge on any atom is -0.315 e. The minimum absolute atomic E-state index is 0.0555. The predicted octanol–water partition coefficient (Wildman–Crippen LogP) is 3.00. The van der Waals surface area contributed by atoms with Crippen LogP contribution in [0.4, 0.5) is 0 Å². The lowest BCUT2D eigenvalue weighted by molar-refractivity contribution is 0.281. The van der Waals surface area contributed by atoms with Crippen molar-refractivity contribution < 1.29 is 8.42 Å². The third-order valence-electron chi connectivity index (χ3n) is 3.39. The van der Waals surface area contributed by atoms with Crippen molar-refractivity contribution >= 4 is 9.84 Å². The highest BCUT2D eigenvalue weighted by Crippen LogP contribution is 2.29. The Balaban J connectivity index is 4.44. The minimum atomic E-state index is -3.00. The van der Waals surface area contributed by atoms with Gasteiger partial charge in [0.1, 0.15) is 0 Å². The van der Waals surface area contributed by atoms with Crippen LogP contribution in [0, 0.1) is 5.41 Å². The van der Waals surface area contributed by atoms with Crippen molar-refractivity contribution in [2.45, 2.75) is 72.1 Å². The van der Waals surface area contributed by atoms with Gasteiger partial charge in [-0.15, -0.1) is 0 Å². The Morgan fingerprint density at radius 3 is 2.00 bits per heavy atom. The fourth-order valence-corrected chi connectivity index (χ4v) is 3.50. The van der Waals surface area contributed by atoms with Gasteiger partial charge in [0.15, 0.2) is 9.84 Å². The highest BCUT2D eigenvalue weighted by molar-refractivity contribution is 7.92. The van der Waals surface area contributed by atoms with Gasteiger partial charge in [-0.2, -0.15) is 0 Å². The van der Waals surface area contributed by atoms with Crippen LogP contribution in [0.1, 0.15) is 61.3 Å². The van der Waals surface area contributed by atoms with Gasteiger partial charge >= 0.3 is 0 Å². The summed E-state index contributed by atoms with van der Waals surface area (Å²) in [4.78, 5) is 0. The average Bonchev–Trinajstić information content (AvgIpc) is 2.13. The Hall–Kier alpha value is -0.0900. The summed E-state index contributed by atoms with van der Waals surface area (Å²) in [5.41, 5.74) is 0.0555. The molecule has 1 unspecified atom stereocenters. The molecule has 0 bridgehead atoms. The molecule has 0 heterocycles. The van der Waals surface area contributed by atoms with Crippen molar-refractivity contribution in [2.24, 2.45) is 5.41 Å².